The van der Waals surface area contributed by atoms with Gasteiger partial charge in [0.1, 0.15) is 30.5 Å². The summed E-state index contributed by atoms with van der Waals surface area (Å²) in [6.07, 6.45) is -4.53. The van der Waals surface area contributed by atoms with Gasteiger partial charge in [-0.1, -0.05) is 23.5 Å². The molecule has 1 aromatic carbocycles. The molecule has 0 aliphatic carbocycles. The van der Waals surface area contributed by atoms with E-state index in [1.54, 1.807) is 0 Å². The Hall–Kier alpha value is -1.99. The number of carbonyl (C=O) groups is 1. The summed E-state index contributed by atoms with van der Waals surface area (Å²) in [5.41, 5.74) is 0.770. The van der Waals surface area contributed by atoms with Crippen molar-refractivity contribution in [2.75, 3.05) is 18.5 Å². The van der Waals surface area contributed by atoms with Crippen LogP contribution in [0.3, 0.4) is 0 Å². The number of aliphatic hydroxyl groups excluding tert-OH is 4. The number of ether oxygens (including phenoxy) is 1. The van der Waals surface area contributed by atoms with E-state index in [0.29, 0.717) is 15.0 Å². The van der Waals surface area contributed by atoms with E-state index < -0.39 is 37.1 Å². The van der Waals surface area contributed by atoms with Crippen molar-refractivity contribution in [3.05, 3.63) is 40.3 Å². The molecule has 0 bridgehead atoms. The predicted octanol–water partition coefficient (Wildman–Crippen LogP) is 0.238. The van der Waals surface area contributed by atoms with Gasteiger partial charge in [0.25, 0.3) is 0 Å². The van der Waals surface area contributed by atoms with Gasteiger partial charge in [-0.25, -0.2) is 9.97 Å². The van der Waals surface area contributed by atoms with Crippen LogP contribution in [0, 0.1) is 0 Å². The zero-order valence-corrected chi connectivity index (χ0v) is 16.6. The van der Waals surface area contributed by atoms with E-state index in [0.717, 1.165) is 21.6 Å². The molecule has 154 valence electrons. The van der Waals surface area contributed by atoms with Crippen molar-refractivity contribution < 1.29 is 30.0 Å². The van der Waals surface area contributed by atoms with Gasteiger partial charge in [-0.2, -0.15) is 0 Å². The number of aromatic nitrogens is 2. The second kappa shape index (κ2) is 8.40. The molecule has 1 saturated heterocycles. The molecule has 3 heterocycles. The van der Waals surface area contributed by atoms with Gasteiger partial charge in [0, 0.05) is 6.54 Å². The number of nitrogens with one attached hydrogen (secondary N) is 1. The minimum absolute atomic E-state index is 0.0731. The number of thiazole rings is 2. The van der Waals surface area contributed by atoms with E-state index in [1.165, 1.54) is 17.5 Å². The van der Waals surface area contributed by atoms with Crippen LogP contribution in [0.1, 0.15) is 14.7 Å². The molecule has 4 rings (SSSR count). The number of hydrogen-bond donors (Lipinski definition) is 5. The maximum atomic E-state index is 12.7. The topological polar surface area (TPSA) is 145 Å². The Labute approximate surface area is 173 Å². The number of para-hydroxylation sites is 1. The van der Waals surface area contributed by atoms with E-state index in [-0.39, 0.29) is 12.3 Å². The quantitative estimate of drug-likeness (QED) is 0.342. The Balaban J connectivity index is 1.42. The zero-order valence-electron chi connectivity index (χ0n) is 15.0. The molecule has 0 radical (unpaired) electrons. The van der Waals surface area contributed by atoms with E-state index in [9.17, 15) is 25.2 Å². The van der Waals surface area contributed by atoms with Gasteiger partial charge in [-0.15, -0.1) is 11.3 Å². The molecule has 1 aliphatic heterocycles. The van der Waals surface area contributed by atoms with Crippen LogP contribution in [0.4, 0.5) is 5.13 Å². The van der Waals surface area contributed by atoms with Crippen molar-refractivity contribution in [2.45, 2.75) is 30.5 Å². The highest BCUT2D eigenvalue weighted by molar-refractivity contribution is 7.22. The number of anilines is 1. The van der Waals surface area contributed by atoms with E-state index in [2.05, 4.69) is 15.3 Å². The first-order valence-electron chi connectivity index (χ1n) is 8.88. The van der Waals surface area contributed by atoms with Gasteiger partial charge < -0.3 is 30.5 Å². The molecule has 11 heteroatoms. The van der Waals surface area contributed by atoms with Gasteiger partial charge >= 0.3 is 0 Å². The van der Waals surface area contributed by atoms with Crippen molar-refractivity contribution in [1.29, 1.82) is 0 Å². The first-order chi connectivity index (χ1) is 14.0. The first-order valence-corrected chi connectivity index (χ1v) is 10.5. The highest BCUT2D eigenvalue weighted by Gasteiger charge is 2.43. The highest BCUT2D eigenvalue weighted by atomic mass is 32.1. The van der Waals surface area contributed by atoms with E-state index in [4.69, 9.17) is 4.74 Å². The smallest absolute Gasteiger partial charge is 0.233 e. The van der Waals surface area contributed by atoms with Crippen LogP contribution >= 0.6 is 22.7 Å². The van der Waals surface area contributed by atoms with Gasteiger partial charge in [0.2, 0.25) is 5.78 Å². The van der Waals surface area contributed by atoms with Crippen LogP contribution < -0.4 is 5.32 Å². The minimum atomic E-state index is -1.43. The molecule has 2 aromatic heterocycles. The SMILES string of the molecule is O=C(c1cnc(NCC2OC(CO)C(O)C(O)C2O)s1)c1nc2ccccc2s1. The van der Waals surface area contributed by atoms with Crippen molar-refractivity contribution in [3.8, 4) is 0 Å². The molecule has 9 nitrogen and oxygen atoms in total. The minimum Gasteiger partial charge on any atom is -0.394 e. The molecular weight excluding hydrogens is 418 g/mol. The number of fused-ring (bicyclic) bond motifs is 1. The fraction of sp³-hybridized carbons (Fsp3) is 0.389. The summed E-state index contributed by atoms with van der Waals surface area (Å²) < 4.78 is 6.37. The second-order valence-electron chi connectivity index (χ2n) is 6.59. The molecule has 5 unspecified atom stereocenters. The number of benzene rings is 1. The van der Waals surface area contributed by atoms with Gasteiger partial charge in [-0.05, 0) is 12.1 Å². The third-order valence-electron chi connectivity index (χ3n) is 4.66. The van der Waals surface area contributed by atoms with E-state index >= 15 is 0 Å². The Morgan fingerprint density at radius 1 is 1.10 bits per heavy atom. The molecule has 0 spiro atoms. The lowest BCUT2D eigenvalue weighted by Gasteiger charge is -2.40. The molecule has 0 saturated carbocycles. The Bertz CT molecular complexity index is 973. The van der Waals surface area contributed by atoms with Crippen molar-refractivity contribution in [3.63, 3.8) is 0 Å². The lowest BCUT2D eigenvalue weighted by Crippen LogP contribution is -2.60. The van der Waals surface area contributed by atoms with Crippen LogP contribution in [0.2, 0.25) is 0 Å². The molecule has 5 atom stereocenters. The number of nitrogens with zero attached hydrogens (tertiary/aromatic N) is 2. The third kappa shape index (κ3) is 4.03. The number of ketones is 1. The third-order valence-corrected chi connectivity index (χ3v) is 6.65. The summed E-state index contributed by atoms with van der Waals surface area (Å²) in [5, 5.41) is 42.8. The second-order valence-corrected chi connectivity index (χ2v) is 8.66. The van der Waals surface area contributed by atoms with Crippen LogP contribution in [0.25, 0.3) is 10.2 Å². The molecule has 29 heavy (non-hydrogen) atoms. The van der Waals surface area contributed by atoms with Crippen LogP contribution in [0.5, 0.6) is 0 Å². The fourth-order valence-corrected chi connectivity index (χ4v) is 4.82. The van der Waals surface area contributed by atoms with Gasteiger partial charge in [0.05, 0.1) is 27.9 Å². The van der Waals surface area contributed by atoms with E-state index in [1.807, 2.05) is 24.3 Å². The number of hydrogen-bond acceptors (Lipinski definition) is 11. The maximum Gasteiger partial charge on any atom is 0.233 e. The molecule has 1 aliphatic rings. The summed E-state index contributed by atoms with van der Waals surface area (Å²) in [4.78, 5) is 21.6. The number of aliphatic hydroxyl groups is 4. The Morgan fingerprint density at radius 2 is 1.86 bits per heavy atom. The lowest BCUT2D eigenvalue weighted by molar-refractivity contribution is -0.225. The lowest BCUT2D eigenvalue weighted by atomic mass is 9.95. The van der Waals surface area contributed by atoms with Crippen LogP contribution in [-0.4, -0.2) is 79.8 Å². The van der Waals surface area contributed by atoms with Crippen molar-refractivity contribution >= 4 is 43.8 Å². The molecular formula is C18H19N3O6S2. The molecule has 1 fully saturated rings. The highest BCUT2D eigenvalue weighted by Crippen LogP contribution is 2.27. The molecule has 5 N–H and O–H groups in total. The van der Waals surface area contributed by atoms with Crippen molar-refractivity contribution in [2.24, 2.45) is 0 Å². The summed E-state index contributed by atoms with van der Waals surface area (Å²) in [7, 11) is 0. The fourth-order valence-electron chi connectivity index (χ4n) is 3.07. The number of carbonyl (C=O) groups excluding carboxylic acids is 1. The average molecular weight is 437 g/mol. The normalized spacial score (nSPS) is 27.2. The van der Waals surface area contributed by atoms with Crippen LogP contribution in [-0.2, 0) is 4.74 Å². The average Bonchev–Trinajstić information content (AvgIpc) is 3.38. The van der Waals surface area contributed by atoms with Gasteiger partial charge in [-0.3, -0.25) is 4.79 Å². The van der Waals surface area contributed by atoms with Crippen molar-refractivity contribution in [1.82, 2.24) is 9.97 Å². The summed E-state index contributed by atoms with van der Waals surface area (Å²) in [6, 6.07) is 7.51. The summed E-state index contributed by atoms with van der Waals surface area (Å²) >= 11 is 2.46. The van der Waals surface area contributed by atoms with Gasteiger partial charge in [0.15, 0.2) is 10.1 Å². The monoisotopic (exact) mass is 437 g/mol. The number of rotatable bonds is 6. The standard InChI is InChI=1S/C18H19N3O6S2/c22-7-10-14(24)16(26)13(23)9(27-10)5-19-18-20-6-12(29-18)15(25)17-21-8-3-1-2-4-11(8)28-17/h1-4,6,9-10,13-14,16,22-24,26H,5,7H2,(H,19,20). The largest absolute Gasteiger partial charge is 0.394 e. The maximum absolute atomic E-state index is 12.7. The first kappa shape index (κ1) is 20.3. The Kier molecular flexibility index (Phi) is 5.88. The molecule has 3 aromatic rings. The predicted molar refractivity (Wildman–Crippen MR) is 107 cm³/mol. The van der Waals surface area contributed by atoms with Crippen LogP contribution in [0.15, 0.2) is 30.5 Å². The summed E-state index contributed by atoms with van der Waals surface area (Å²) in [6.45, 7) is -0.413. The summed E-state index contributed by atoms with van der Waals surface area (Å²) in [5.74, 6) is -0.218. The molecule has 0 amide bonds. The zero-order chi connectivity index (χ0) is 20.5. The Morgan fingerprint density at radius 3 is 2.62 bits per heavy atom.